The molecule has 1 rings (SSSR count). The van der Waals surface area contributed by atoms with E-state index in [9.17, 15) is 14.7 Å². The molecule has 1 heterocycles. The maximum Gasteiger partial charge on any atom is 0.315 e. The van der Waals surface area contributed by atoms with Crippen LogP contribution in [0.15, 0.2) is 0 Å². The average Bonchev–Trinajstić information content (AvgIpc) is 2.83. The molecule has 21 heavy (non-hydrogen) atoms. The number of nitrogens with one attached hydrogen (secondary N) is 2. The molecule has 1 aliphatic rings. The summed E-state index contributed by atoms with van der Waals surface area (Å²) >= 11 is 0. The van der Waals surface area contributed by atoms with E-state index in [1.54, 1.807) is 27.7 Å². The summed E-state index contributed by atoms with van der Waals surface area (Å²) in [6, 6.07) is -0.302. The molecule has 1 saturated heterocycles. The van der Waals surface area contributed by atoms with Crippen molar-refractivity contribution in [3.8, 4) is 0 Å². The number of aliphatic carboxylic acids is 1. The maximum atomic E-state index is 12.0. The molecule has 0 aromatic heterocycles. The number of urea groups is 1. The topological polar surface area (TPSA) is 81.7 Å². The summed E-state index contributed by atoms with van der Waals surface area (Å²) in [7, 11) is 0. The van der Waals surface area contributed by atoms with Gasteiger partial charge >= 0.3 is 12.0 Å². The summed E-state index contributed by atoms with van der Waals surface area (Å²) in [5.74, 6) is -0.450. The van der Waals surface area contributed by atoms with Gasteiger partial charge in [0.2, 0.25) is 0 Å². The van der Waals surface area contributed by atoms with E-state index in [4.69, 9.17) is 0 Å². The molecule has 3 N–H and O–H groups in total. The van der Waals surface area contributed by atoms with Gasteiger partial charge in [0.25, 0.3) is 0 Å². The zero-order valence-corrected chi connectivity index (χ0v) is 13.8. The van der Waals surface area contributed by atoms with Crippen LogP contribution in [0, 0.1) is 11.3 Å². The SMILES string of the molecule is CCN1CCC(CNC(=O)NC(C)(C)C(C)(C)C(=O)O)C1. The lowest BCUT2D eigenvalue weighted by molar-refractivity contribution is -0.150. The second-order valence-electron chi connectivity index (χ2n) is 6.94. The molecule has 0 radical (unpaired) electrons. The number of carboxylic acid groups (broad SMARTS) is 1. The largest absolute Gasteiger partial charge is 0.481 e. The van der Waals surface area contributed by atoms with Crippen LogP contribution in [0.4, 0.5) is 4.79 Å². The predicted molar refractivity (Wildman–Crippen MR) is 82.3 cm³/mol. The Morgan fingerprint density at radius 2 is 1.90 bits per heavy atom. The number of nitrogens with zero attached hydrogens (tertiary/aromatic N) is 1. The number of carboxylic acids is 1. The number of carbonyl (C=O) groups is 2. The van der Waals surface area contributed by atoms with Crippen LogP contribution in [0.3, 0.4) is 0 Å². The third-order valence-corrected chi connectivity index (χ3v) is 4.89. The predicted octanol–water partition coefficient (Wildman–Crippen LogP) is 1.52. The molecule has 0 aliphatic carbocycles. The van der Waals surface area contributed by atoms with Crippen molar-refractivity contribution in [1.29, 1.82) is 0 Å². The molecule has 0 aromatic rings. The van der Waals surface area contributed by atoms with Gasteiger partial charge in [0, 0.05) is 13.1 Å². The minimum atomic E-state index is -1.04. The van der Waals surface area contributed by atoms with Crippen LogP contribution in [-0.2, 0) is 4.79 Å². The first-order valence-electron chi connectivity index (χ1n) is 7.62. The molecule has 1 fully saturated rings. The van der Waals surface area contributed by atoms with Gasteiger partial charge < -0.3 is 20.6 Å². The standard InChI is InChI=1S/C15H29N3O3/c1-6-18-8-7-11(10-18)9-16-13(21)17-15(4,5)14(2,3)12(19)20/h11H,6-10H2,1-5H3,(H,19,20)(H2,16,17,21). The highest BCUT2D eigenvalue weighted by Gasteiger charge is 2.44. The van der Waals surface area contributed by atoms with Crippen molar-refractivity contribution < 1.29 is 14.7 Å². The Hall–Kier alpha value is -1.30. The molecule has 0 spiro atoms. The first-order valence-corrected chi connectivity index (χ1v) is 7.62. The van der Waals surface area contributed by atoms with Crippen LogP contribution in [0.25, 0.3) is 0 Å². The second-order valence-corrected chi connectivity index (χ2v) is 6.94. The van der Waals surface area contributed by atoms with Crippen molar-refractivity contribution in [3.63, 3.8) is 0 Å². The normalized spacial score (nSPS) is 20.3. The summed E-state index contributed by atoms with van der Waals surface area (Å²) in [6.07, 6.45) is 1.10. The molecule has 1 aliphatic heterocycles. The van der Waals surface area contributed by atoms with Crippen molar-refractivity contribution in [2.45, 2.75) is 46.6 Å². The van der Waals surface area contributed by atoms with Gasteiger partial charge in [-0.05, 0) is 53.1 Å². The van der Waals surface area contributed by atoms with E-state index >= 15 is 0 Å². The van der Waals surface area contributed by atoms with Crippen LogP contribution in [0.1, 0.15) is 41.0 Å². The van der Waals surface area contributed by atoms with Gasteiger partial charge in [-0.3, -0.25) is 4.79 Å². The van der Waals surface area contributed by atoms with Crippen molar-refractivity contribution in [3.05, 3.63) is 0 Å². The molecule has 1 atom stereocenters. The first kappa shape index (κ1) is 17.8. The highest BCUT2D eigenvalue weighted by molar-refractivity contribution is 5.79. The van der Waals surface area contributed by atoms with E-state index in [1.165, 1.54) is 0 Å². The number of carbonyl (C=O) groups excluding carboxylic acids is 1. The lowest BCUT2D eigenvalue weighted by atomic mass is 9.74. The van der Waals surface area contributed by atoms with Crippen molar-refractivity contribution in [1.82, 2.24) is 15.5 Å². The second kappa shape index (κ2) is 6.64. The van der Waals surface area contributed by atoms with Crippen molar-refractivity contribution in [2.75, 3.05) is 26.2 Å². The van der Waals surface area contributed by atoms with Crippen LogP contribution in [0.5, 0.6) is 0 Å². The molecule has 1 unspecified atom stereocenters. The van der Waals surface area contributed by atoms with Crippen LogP contribution >= 0.6 is 0 Å². The maximum absolute atomic E-state index is 12.0. The summed E-state index contributed by atoms with van der Waals surface area (Å²) < 4.78 is 0. The van der Waals surface area contributed by atoms with Gasteiger partial charge in [-0.2, -0.15) is 0 Å². The summed E-state index contributed by atoms with van der Waals surface area (Å²) in [5.41, 5.74) is -1.88. The van der Waals surface area contributed by atoms with Crippen molar-refractivity contribution in [2.24, 2.45) is 11.3 Å². The van der Waals surface area contributed by atoms with Gasteiger partial charge in [-0.1, -0.05) is 6.92 Å². The lowest BCUT2D eigenvalue weighted by Crippen LogP contribution is -2.59. The number of hydrogen-bond acceptors (Lipinski definition) is 3. The van der Waals surface area contributed by atoms with Gasteiger partial charge in [-0.15, -0.1) is 0 Å². The zero-order valence-electron chi connectivity index (χ0n) is 13.8. The third-order valence-electron chi connectivity index (χ3n) is 4.89. The molecule has 6 heteroatoms. The van der Waals surface area contributed by atoms with E-state index in [2.05, 4.69) is 22.5 Å². The Labute approximate surface area is 127 Å². The van der Waals surface area contributed by atoms with Gasteiger partial charge in [0.15, 0.2) is 0 Å². The molecule has 0 saturated carbocycles. The van der Waals surface area contributed by atoms with Crippen LogP contribution < -0.4 is 10.6 Å². The quantitative estimate of drug-likeness (QED) is 0.694. The Bertz CT molecular complexity index is 394. The number of hydrogen-bond donors (Lipinski definition) is 3. The monoisotopic (exact) mass is 299 g/mol. The molecule has 0 bridgehead atoms. The molecule has 122 valence electrons. The van der Waals surface area contributed by atoms with Gasteiger partial charge in [-0.25, -0.2) is 4.79 Å². The fourth-order valence-corrected chi connectivity index (χ4v) is 2.36. The molecule has 6 nitrogen and oxygen atoms in total. The summed E-state index contributed by atoms with van der Waals surface area (Å²) in [5, 5.41) is 14.9. The van der Waals surface area contributed by atoms with E-state index in [0.29, 0.717) is 12.5 Å². The Morgan fingerprint density at radius 1 is 1.29 bits per heavy atom. The van der Waals surface area contributed by atoms with E-state index in [0.717, 1.165) is 26.1 Å². The lowest BCUT2D eigenvalue weighted by Gasteiger charge is -2.38. The zero-order chi connectivity index (χ0) is 16.3. The minimum absolute atomic E-state index is 0.302. The van der Waals surface area contributed by atoms with Gasteiger partial charge in [0.1, 0.15) is 0 Å². The van der Waals surface area contributed by atoms with E-state index in [-0.39, 0.29) is 6.03 Å². The van der Waals surface area contributed by atoms with Crippen LogP contribution in [-0.4, -0.2) is 53.7 Å². The summed E-state index contributed by atoms with van der Waals surface area (Å²) in [4.78, 5) is 25.7. The van der Waals surface area contributed by atoms with Crippen molar-refractivity contribution >= 4 is 12.0 Å². The van der Waals surface area contributed by atoms with E-state index in [1.807, 2.05) is 0 Å². The van der Waals surface area contributed by atoms with Crippen LogP contribution in [0.2, 0.25) is 0 Å². The molecular formula is C15H29N3O3. The molecule has 2 amide bonds. The molecular weight excluding hydrogens is 270 g/mol. The van der Waals surface area contributed by atoms with Gasteiger partial charge in [0.05, 0.1) is 11.0 Å². The highest BCUT2D eigenvalue weighted by Crippen LogP contribution is 2.30. The number of likely N-dealkylation sites (tertiary alicyclic amines) is 1. The molecule has 0 aromatic carbocycles. The fourth-order valence-electron chi connectivity index (χ4n) is 2.36. The minimum Gasteiger partial charge on any atom is -0.481 e. The first-order chi connectivity index (χ1) is 9.60. The Balaban J connectivity index is 2.45. The fraction of sp³-hybridized carbons (Fsp3) is 0.867. The summed E-state index contributed by atoms with van der Waals surface area (Å²) in [6.45, 7) is 12.6. The Kier molecular flexibility index (Phi) is 5.61. The smallest absolute Gasteiger partial charge is 0.315 e. The third kappa shape index (κ3) is 4.33. The number of rotatable bonds is 6. The highest BCUT2D eigenvalue weighted by atomic mass is 16.4. The van der Waals surface area contributed by atoms with E-state index < -0.39 is 16.9 Å². The Morgan fingerprint density at radius 3 is 2.38 bits per heavy atom. The number of amides is 2. The average molecular weight is 299 g/mol.